The van der Waals surface area contributed by atoms with Gasteiger partial charge in [0.1, 0.15) is 0 Å². The van der Waals surface area contributed by atoms with Crippen molar-refractivity contribution in [3.05, 3.63) is 69.7 Å². The fourth-order valence-corrected chi connectivity index (χ4v) is 1.81. The van der Waals surface area contributed by atoms with Crippen molar-refractivity contribution in [3.8, 4) is 0 Å². The van der Waals surface area contributed by atoms with Crippen LogP contribution in [0.4, 0.5) is 0 Å². The summed E-state index contributed by atoms with van der Waals surface area (Å²) in [6.07, 6.45) is 0. The van der Waals surface area contributed by atoms with Crippen LogP contribution < -0.4 is 0 Å². The second kappa shape index (κ2) is 4.69. The van der Waals surface area contributed by atoms with Gasteiger partial charge in [0.2, 0.25) is 0 Å². The number of ketones is 1. The van der Waals surface area contributed by atoms with Crippen molar-refractivity contribution in [1.29, 1.82) is 0 Å². The lowest BCUT2D eigenvalue weighted by molar-refractivity contribution is 0.103. The van der Waals surface area contributed by atoms with E-state index in [1.54, 1.807) is 30.3 Å². The van der Waals surface area contributed by atoms with Gasteiger partial charge in [-0.1, -0.05) is 59.6 Å². The van der Waals surface area contributed by atoms with Crippen LogP contribution in [0.2, 0.25) is 10.0 Å². The molecule has 0 bridgehead atoms. The van der Waals surface area contributed by atoms with Gasteiger partial charge in [-0.05, 0) is 12.1 Å². The van der Waals surface area contributed by atoms with Gasteiger partial charge < -0.3 is 0 Å². The maximum absolute atomic E-state index is 12.1. The third-order valence-electron chi connectivity index (χ3n) is 2.23. The zero-order chi connectivity index (χ0) is 11.5. The molecule has 0 saturated carbocycles. The molecule has 0 saturated heterocycles. The first kappa shape index (κ1) is 11.2. The largest absolute Gasteiger partial charge is 0.289 e. The number of halogens is 2. The lowest BCUT2D eigenvalue weighted by Crippen LogP contribution is -2.01. The van der Waals surface area contributed by atoms with E-state index in [0.29, 0.717) is 21.2 Å². The highest BCUT2D eigenvalue weighted by Crippen LogP contribution is 2.27. The van der Waals surface area contributed by atoms with Crippen molar-refractivity contribution in [2.24, 2.45) is 0 Å². The maximum atomic E-state index is 12.1. The predicted molar refractivity (Wildman–Crippen MR) is 66.3 cm³/mol. The fourth-order valence-electron chi connectivity index (χ4n) is 1.42. The van der Waals surface area contributed by atoms with Crippen molar-refractivity contribution in [2.45, 2.75) is 0 Å². The number of hydrogen-bond donors (Lipinski definition) is 0. The number of rotatable bonds is 2. The first-order chi connectivity index (χ1) is 7.70. The molecule has 2 aromatic rings. The molecule has 0 atom stereocenters. The Hall–Kier alpha value is -1.31. The first-order valence-electron chi connectivity index (χ1n) is 4.74. The van der Waals surface area contributed by atoms with Gasteiger partial charge in [-0.2, -0.15) is 0 Å². The third-order valence-corrected chi connectivity index (χ3v) is 3.05. The molecule has 0 unspecified atom stereocenters. The molecule has 16 heavy (non-hydrogen) atoms. The average molecular weight is 251 g/mol. The summed E-state index contributed by atoms with van der Waals surface area (Å²) in [5.74, 6) is -0.117. The van der Waals surface area contributed by atoms with Crippen LogP contribution >= 0.6 is 23.2 Å². The molecule has 0 fully saturated rings. The van der Waals surface area contributed by atoms with E-state index in [1.807, 2.05) is 18.2 Å². The van der Waals surface area contributed by atoms with Crippen molar-refractivity contribution in [3.63, 3.8) is 0 Å². The van der Waals surface area contributed by atoms with Crippen LogP contribution in [0.5, 0.6) is 0 Å². The van der Waals surface area contributed by atoms with Gasteiger partial charge >= 0.3 is 0 Å². The maximum Gasteiger partial charge on any atom is 0.194 e. The standard InChI is InChI=1S/C13H8Cl2O/c14-11-8-4-7-10(12(11)15)13(16)9-5-2-1-3-6-9/h1-8H. The van der Waals surface area contributed by atoms with E-state index >= 15 is 0 Å². The Labute approximate surface area is 104 Å². The molecular weight excluding hydrogens is 243 g/mol. The summed E-state index contributed by atoms with van der Waals surface area (Å²) in [7, 11) is 0. The van der Waals surface area contributed by atoms with Crippen molar-refractivity contribution in [2.75, 3.05) is 0 Å². The molecule has 3 heteroatoms. The van der Waals surface area contributed by atoms with Crippen LogP contribution in [0.25, 0.3) is 0 Å². The summed E-state index contributed by atoms with van der Waals surface area (Å²) in [5, 5.41) is 0.696. The van der Waals surface area contributed by atoms with Crippen LogP contribution in [-0.2, 0) is 0 Å². The van der Waals surface area contributed by atoms with Crippen LogP contribution in [0.1, 0.15) is 15.9 Å². The second-order valence-corrected chi connectivity index (χ2v) is 4.08. The Morgan fingerprint density at radius 2 is 1.56 bits per heavy atom. The monoisotopic (exact) mass is 250 g/mol. The highest BCUT2D eigenvalue weighted by molar-refractivity contribution is 6.44. The van der Waals surface area contributed by atoms with Crippen LogP contribution in [-0.4, -0.2) is 5.78 Å². The molecule has 0 aliphatic carbocycles. The lowest BCUT2D eigenvalue weighted by Gasteiger charge is -2.04. The van der Waals surface area contributed by atoms with Gasteiger partial charge in [0.25, 0.3) is 0 Å². The molecule has 0 amide bonds. The summed E-state index contributed by atoms with van der Waals surface area (Å²) in [4.78, 5) is 12.1. The smallest absolute Gasteiger partial charge is 0.194 e. The summed E-state index contributed by atoms with van der Waals surface area (Å²) in [5.41, 5.74) is 1.03. The molecule has 0 aromatic heterocycles. The van der Waals surface area contributed by atoms with Crippen LogP contribution in [0, 0.1) is 0 Å². The average Bonchev–Trinajstić information content (AvgIpc) is 2.33. The van der Waals surface area contributed by atoms with Crippen molar-refractivity contribution < 1.29 is 4.79 Å². The topological polar surface area (TPSA) is 17.1 Å². The molecule has 2 rings (SSSR count). The molecule has 0 radical (unpaired) electrons. The molecular formula is C13H8Cl2O. The van der Waals surface area contributed by atoms with Gasteiger partial charge in [0, 0.05) is 11.1 Å². The van der Waals surface area contributed by atoms with Gasteiger partial charge in [-0.3, -0.25) is 4.79 Å². The molecule has 2 aromatic carbocycles. The Kier molecular flexibility index (Phi) is 3.28. The third kappa shape index (κ3) is 2.11. The Morgan fingerprint density at radius 1 is 0.875 bits per heavy atom. The van der Waals surface area contributed by atoms with Gasteiger partial charge in [0.05, 0.1) is 10.0 Å². The van der Waals surface area contributed by atoms with E-state index in [0.717, 1.165) is 0 Å². The summed E-state index contributed by atoms with van der Waals surface area (Å²) < 4.78 is 0. The predicted octanol–water partition coefficient (Wildman–Crippen LogP) is 4.22. The first-order valence-corrected chi connectivity index (χ1v) is 5.49. The van der Waals surface area contributed by atoms with E-state index in [9.17, 15) is 4.79 Å². The molecule has 0 aliphatic heterocycles. The molecule has 80 valence electrons. The van der Waals surface area contributed by atoms with E-state index in [4.69, 9.17) is 23.2 Å². The number of hydrogen-bond acceptors (Lipinski definition) is 1. The number of benzene rings is 2. The minimum Gasteiger partial charge on any atom is -0.289 e. The Bertz CT molecular complexity index is 521. The molecule has 1 nitrogen and oxygen atoms in total. The van der Waals surface area contributed by atoms with Gasteiger partial charge in [-0.15, -0.1) is 0 Å². The summed E-state index contributed by atoms with van der Waals surface area (Å²) in [6.45, 7) is 0. The SMILES string of the molecule is O=C(c1ccccc1)c1cccc(Cl)c1Cl. The molecule has 0 N–H and O–H groups in total. The number of carbonyl (C=O) groups excluding carboxylic acids is 1. The van der Waals surface area contributed by atoms with E-state index in [2.05, 4.69) is 0 Å². The van der Waals surface area contributed by atoms with E-state index in [1.165, 1.54) is 0 Å². The molecule has 0 heterocycles. The Balaban J connectivity index is 2.46. The van der Waals surface area contributed by atoms with E-state index < -0.39 is 0 Å². The van der Waals surface area contributed by atoms with Crippen molar-refractivity contribution >= 4 is 29.0 Å². The zero-order valence-corrected chi connectivity index (χ0v) is 9.79. The van der Waals surface area contributed by atoms with Gasteiger partial charge in [-0.25, -0.2) is 0 Å². The fraction of sp³-hybridized carbons (Fsp3) is 0. The normalized spacial score (nSPS) is 10.1. The minimum atomic E-state index is -0.117. The quantitative estimate of drug-likeness (QED) is 0.730. The molecule has 0 spiro atoms. The minimum absolute atomic E-state index is 0.117. The Morgan fingerprint density at radius 3 is 2.25 bits per heavy atom. The van der Waals surface area contributed by atoms with Crippen molar-refractivity contribution in [1.82, 2.24) is 0 Å². The highest BCUT2D eigenvalue weighted by atomic mass is 35.5. The summed E-state index contributed by atoms with van der Waals surface area (Å²) in [6, 6.07) is 14.0. The van der Waals surface area contributed by atoms with E-state index in [-0.39, 0.29) is 5.78 Å². The zero-order valence-electron chi connectivity index (χ0n) is 8.28. The van der Waals surface area contributed by atoms with Crippen LogP contribution in [0.15, 0.2) is 48.5 Å². The van der Waals surface area contributed by atoms with Crippen LogP contribution in [0.3, 0.4) is 0 Å². The lowest BCUT2D eigenvalue weighted by atomic mass is 10.0. The highest BCUT2D eigenvalue weighted by Gasteiger charge is 2.13. The second-order valence-electron chi connectivity index (χ2n) is 3.30. The number of carbonyl (C=O) groups is 1. The summed E-state index contributed by atoms with van der Waals surface area (Å²) >= 11 is 11.8. The van der Waals surface area contributed by atoms with Gasteiger partial charge in [0.15, 0.2) is 5.78 Å². The molecule has 0 aliphatic rings.